The van der Waals surface area contributed by atoms with Crippen molar-refractivity contribution in [3.8, 4) is 0 Å². The lowest BCUT2D eigenvalue weighted by Gasteiger charge is -2.26. The summed E-state index contributed by atoms with van der Waals surface area (Å²) in [5, 5.41) is 4.23. The number of rotatable bonds is 4. The zero-order valence-electron chi connectivity index (χ0n) is 9.29. The number of hydrogen-bond acceptors (Lipinski definition) is 3. The van der Waals surface area contributed by atoms with Gasteiger partial charge in [0.1, 0.15) is 0 Å². The van der Waals surface area contributed by atoms with E-state index in [2.05, 4.69) is 16.3 Å². The van der Waals surface area contributed by atoms with Gasteiger partial charge in [0, 0.05) is 43.4 Å². The third kappa shape index (κ3) is 3.67. The van der Waals surface area contributed by atoms with Crippen LogP contribution in [0.2, 0.25) is 5.02 Å². The molecule has 4 heteroatoms. The Morgan fingerprint density at radius 3 is 2.75 bits per heavy atom. The Morgan fingerprint density at radius 1 is 1.25 bits per heavy atom. The van der Waals surface area contributed by atoms with Crippen molar-refractivity contribution in [2.45, 2.75) is 4.90 Å². The minimum absolute atomic E-state index is 0.868. The maximum Gasteiger partial charge on any atom is 0.0541 e. The lowest BCUT2D eigenvalue weighted by molar-refractivity contribution is 0.255. The molecule has 2 rings (SSSR count). The van der Waals surface area contributed by atoms with Crippen molar-refractivity contribution in [1.82, 2.24) is 10.2 Å². The van der Waals surface area contributed by atoms with E-state index in [4.69, 9.17) is 11.6 Å². The van der Waals surface area contributed by atoms with Crippen molar-refractivity contribution < 1.29 is 0 Å². The highest BCUT2D eigenvalue weighted by Gasteiger charge is 2.09. The predicted molar refractivity (Wildman–Crippen MR) is 71.5 cm³/mol. The molecule has 0 spiro atoms. The lowest BCUT2D eigenvalue weighted by atomic mass is 10.4. The molecule has 1 fully saturated rings. The molecule has 0 amide bonds. The first-order chi connectivity index (χ1) is 7.86. The summed E-state index contributed by atoms with van der Waals surface area (Å²) in [5.74, 6) is 1.11. The van der Waals surface area contributed by atoms with Gasteiger partial charge in [0.15, 0.2) is 0 Å². The van der Waals surface area contributed by atoms with Crippen molar-refractivity contribution in [3.63, 3.8) is 0 Å². The molecule has 16 heavy (non-hydrogen) atoms. The first kappa shape index (κ1) is 12.2. The van der Waals surface area contributed by atoms with Crippen LogP contribution in [0.3, 0.4) is 0 Å². The van der Waals surface area contributed by atoms with Crippen LogP contribution in [-0.2, 0) is 0 Å². The number of benzene rings is 1. The van der Waals surface area contributed by atoms with E-state index >= 15 is 0 Å². The van der Waals surface area contributed by atoms with E-state index < -0.39 is 0 Å². The Labute approximate surface area is 106 Å². The van der Waals surface area contributed by atoms with Crippen LogP contribution in [0, 0.1) is 0 Å². The van der Waals surface area contributed by atoms with E-state index in [-0.39, 0.29) is 0 Å². The zero-order valence-corrected chi connectivity index (χ0v) is 10.9. The third-order valence-electron chi connectivity index (χ3n) is 2.71. The molecule has 0 atom stereocenters. The first-order valence-electron chi connectivity index (χ1n) is 5.66. The van der Waals surface area contributed by atoms with Crippen molar-refractivity contribution in [2.24, 2.45) is 0 Å². The fourth-order valence-corrected chi connectivity index (χ4v) is 3.03. The quantitative estimate of drug-likeness (QED) is 0.833. The normalized spacial score (nSPS) is 17.6. The fourth-order valence-electron chi connectivity index (χ4n) is 1.78. The second-order valence-electron chi connectivity index (χ2n) is 3.87. The molecule has 0 aliphatic carbocycles. The molecule has 0 saturated carbocycles. The summed E-state index contributed by atoms with van der Waals surface area (Å²) < 4.78 is 0. The van der Waals surface area contributed by atoms with Crippen LogP contribution < -0.4 is 5.32 Å². The minimum atomic E-state index is 0.868. The van der Waals surface area contributed by atoms with Gasteiger partial charge in [-0.3, -0.25) is 4.90 Å². The van der Waals surface area contributed by atoms with Gasteiger partial charge in [-0.2, -0.15) is 0 Å². The van der Waals surface area contributed by atoms with E-state index in [1.54, 1.807) is 0 Å². The average molecular weight is 257 g/mol. The number of nitrogens with one attached hydrogen (secondary N) is 1. The SMILES string of the molecule is Clc1ccccc1SCCN1CCNCC1. The molecule has 1 aromatic rings. The minimum Gasteiger partial charge on any atom is -0.314 e. The average Bonchev–Trinajstić information content (AvgIpc) is 2.33. The highest BCUT2D eigenvalue weighted by molar-refractivity contribution is 7.99. The number of thioether (sulfide) groups is 1. The molecule has 88 valence electrons. The molecular weight excluding hydrogens is 240 g/mol. The van der Waals surface area contributed by atoms with E-state index in [0.29, 0.717) is 0 Å². The van der Waals surface area contributed by atoms with Crippen LogP contribution in [0.5, 0.6) is 0 Å². The number of nitrogens with zero attached hydrogens (tertiary/aromatic N) is 1. The molecule has 1 N–H and O–H groups in total. The number of hydrogen-bond donors (Lipinski definition) is 1. The molecule has 0 bridgehead atoms. The molecule has 0 radical (unpaired) electrons. The largest absolute Gasteiger partial charge is 0.314 e. The second kappa shape index (κ2) is 6.50. The van der Waals surface area contributed by atoms with Gasteiger partial charge >= 0.3 is 0 Å². The van der Waals surface area contributed by atoms with Gasteiger partial charge in [-0.25, -0.2) is 0 Å². The molecule has 0 aromatic heterocycles. The summed E-state index contributed by atoms with van der Waals surface area (Å²) in [6.45, 7) is 5.73. The van der Waals surface area contributed by atoms with E-state index in [1.807, 2.05) is 30.0 Å². The summed E-state index contributed by atoms with van der Waals surface area (Å²) >= 11 is 7.95. The van der Waals surface area contributed by atoms with Gasteiger partial charge in [0.2, 0.25) is 0 Å². The number of piperazine rings is 1. The lowest BCUT2D eigenvalue weighted by Crippen LogP contribution is -2.44. The predicted octanol–water partition coefficient (Wildman–Crippen LogP) is 2.34. The van der Waals surface area contributed by atoms with Gasteiger partial charge in [0.05, 0.1) is 5.02 Å². The van der Waals surface area contributed by atoms with Crippen LogP contribution in [0.25, 0.3) is 0 Å². The van der Waals surface area contributed by atoms with Crippen molar-refractivity contribution >= 4 is 23.4 Å². The number of halogens is 1. The maximum absolute atomic E-state index is 6.10. The molecule has 1 aliphatic rings. The molecule has 1 aliphatic heterocycles. The van der Waals surface area contributed by atoms with Gasteiger partial charge in [0.25, 0.3) is 0 Å². The summed E-state index contributed by atoms with van der Waals surface area (Å²) in [6.07, 6.45) is 0. The van der Waals surface area contributed by atoms with E-state index in [1.165, 1.54) is 18.0 Å². The summed E-state index contributed by atoms with van der Waals surface area (Å²) in [4.78, 5) is 3.69. The third-order valence-corrected chi connectivity index (χ3v) is 4.21. The molecule has 0 unspecified atom stereocenters. The summed E-state index contributed by atoms with van der Waals surface area (Å²) in [5.41, 5.74) is 0. The maximum atomic E-state index is 6.10. The van der Waals surface area contributed by atoms with Crippen molar-refractivity contribution in [3.05, 3.63) is 29.3 Å². The smallest absolute Gasteiger partial charge is 0.0541 e. The topological polar surface area (TPSA) is 15.3 Å². The van der Waals surface area contributed by atoms with Crippen molar-refractivity contribution in [2.75, 3.05) is 38.5 Å². The molecule has 1 aromatic carbocycles. The van der Waals surface area contributed by atoms with Gasteiger partial charge in [-0.15, -0.1) is 11.8 Å². The molecule has 1 saturated heterocycles. The van der Waals surface area contributed by atoms with Gasteiger partial charge in [-0.1, -0.05) is 23.7 Å². The molecule has 1 heterocycles. The standard InChI is InChI=1S/C12H17ClN2S/c13-11-3-1-2-4-12(11)16-10-9-15-7-5-14-6-8-15/h1-4,14H,5-10H2. The Balaban J connectivity index is 1.73. The Kier molecular flexibility index (Phi) is 4.97. The monoisotopic (exact) mass is 256 g/mol. The first-order valence-corrected chi connectivity index (χ1v) is 7.03. The highest BCUT2D eigenvalue weighted by atomic mass is 35.5. The van der Waals surface area contributed by atoms with E-state index in [9.17, 15) is 0 Å². The second-order valence-corrected chi connectivity index (χ2v) is 5.41. The Morgan fingerprint density at radius 2 is 2.00 bits per heavy atom. The van der Waals surface area contributed by atoms with E-state index in [0.717, 1.165) is 30.4 Å². The molecular formula is C12H17ClN2S. The highest BCUT2D eigenvalue weighted by Crippen LogP contribution is 2.26. The van der Waals surface area contributed by atoms with Crippen LogP contribution in [0.1, 0.15) is 0 Å². The van der Waals surface area contributed by atoms with Crippen molar-refractivity contribution in [1.29, 1.82) is 0 Å². The summed E-state index contributed by atoms with van der Waals surface area (Å²) in [6, 6.07) is 8.06. The van der Waals surface area contributed by atoms with Crippen LogP contribution in [0.15, 0.2) is 29.2 Å². The molecule has 2 nitrogen and oxygen atoms in total. The zero-order chi connectivity index (χ0) is 11.2. The Bertz CT molecular complexity index is 327. The van der Waals surface area contributed by atoms with Crippen LogP contribution in [-0.4, -0.2) is 43.4 Å². The van der Waals surface area contributed by atoms with Crippen LogP contribution >= 0.6 is 23.4 Å². The Hall–Kier alpha value is -0.220. The van der Waals surface area contributed by atoms with Crippen LogP contribution in [0.4, 0.5) is 0 Å². The van der Waals surface area contributed by atoms with Gasteiger partial charge in [-0.05, 0) is 12.1 Å². The van der Waals surface area contributed by atoms with Gasteiger partial charge < -0.3 is 5.32 Å². The summed E-state index contributed by atoms with van der Waals surface area (Å²) in [7, 11) is 0. The fraction of sp³-hybridized carbons (Fsp3) is 0.500.